The van der Waals surface area contributed by atoms with Gasteiger partial charge in [0.1, 0.15) is 0 Å². The van der Waals surface area contributed by atoms with Gasteiger partial charge in [0.2, 0.25) is 11.8 Å². The van der Waals surface area contributed by atoms with Gasteiger partial charge in [-0.1, -0.05) is 63.7 Å². The van der Waals surface area contributed by atoms with E-state index in [4.69, 9.17) is 0 Å². The molecule has 0 saturated heterocycles. The molecule has 0 aromatic heterocycles. The quantitative estimate of drug-likeness (QED) is 0.417. The average Bonchev–Trinajstić information content (AvgIpc) is 3.04. The van der Waals surface area contributed by atoms with Crippen LogP contribution in [-0.2, 0) is 9.59 Å². The van der Waals surface area contributed by atoms with Gasteiger partial charge in [-0.3, -0.25) is 9.59 Å². The lowest BCUT2D eigenvalue weighted by atomic mass is 10.1. The number of halogens is 4. The van der Waals surface area contributed by atoms with E-state index in [1.165, 1.54) is 0 Å². The molecular weight excluding hydrogens is 524 g/mol. The molecule has 0 spiro atoms. The molecule has 0 radical (unpaired) electrons. The number of hydrogen-bond donors (Lipinski definition) is 2. The third-order valence-corrected chi connectivity index (χ3v) is 8.84. The summed E-state index contributed by atoms with van der Waals surface area (Å²) in [6.45, 7) is 4.67. The summed E-state index contributed by atoms with van der Waals surface area (Å²) in [5.74, 6) is -0.0121. The molecule has 0 aromatic rings. The molecule has 2 atom stereocenters. The highest BCUT2D eigenvalue weighted by Crippen LogP contribution is 2.67. The van der Waals surface area contributed by atoms with Crippen LogP contribution in [0.25, 0.3) is 0 Å². The van der Waals surface area contributed by atoms with Crippen molar-refractivity contribution in [3.05, 3.63) is 0 Å². The molecule has 0 bridgehead atoms. The monoisotopic (exact) mass is 536 g/mol. The summed E-state index contributed by atoms with van der Waals surface area (Å²) in [7, 11) is 0. The van der Waals surface area contributed by atoms with Crippen LogP contribution in [0.15, 0.2) is 0 Å². The first-order chi connectivity index (χ1) is 8.96. The van der Waals surface area contributed by atoms with Crippen molar-refractivity contribution in [1.29, 1.82) is 0 Å². The molecule has 8 heteroatoms. The average molecular weight is 540 g/mol. The molecule has 2 aliphatic rings. The molecule has 0 unspecified atom stereocenters. The van der Waals surface area contributed by atoms with Crippen LogP contribution >= 0.6 is 63.7 Å². The zero-order chi connectivity index (χ0) is 15.4. The summed E-state index contributed by atoms with van der Waals surface area (Å²) in [6, 6.07) is 0. The lowest BCUT2D eigenvalue weighted by Crippen LogP contribution is -2.41. The maximum atomic E-state index is 12.0. The second-order valence-electron chi connectivity index (χ2n) is 5.94. The van der Waals surface area contributed by atoms with Gasteiger partial charge < -0.3 is 10.6 Å². The lowest BCUT2D eigenvalue weighted by molar-refractivity contribution is -0.127. The van der Waals surface area contributed by atoms with E-state index in [0.717, 1.165) is 12.8 Å². The first-order valence-electron chi connectivity index (χ1n) is 6.29. The molecule has 2 rings (SSSR count). The summed E-state index contributed by atoms with van der Waals surface area (Å²) < 4.78 is -0.569. The van der Waals surface area contributed by atoms with Crippen molar-refractivity contribution < 1.29 is 9.59 Å². The van der Waals surface area contributed by atoms with Crippen molar-refractivity contribution in [2.75, 3.05) is 13.1 Å². The number of hydrogen-bond acceptors (Lipinski definition) is 2. The number of alkyl halides is 4. The van der Waals surface area contributed by atoms with Crippen molar-refractivity contribution in [2.45, 2.75) is 33.2 Å². The van der Waals surface area contributed by atoms with Gasteiger partial charge in [0, 0.05) is 13.1 Å². The summed E-state index contributed by atoms with van der Waals surface area (Å²) in [6.07, 6.45) is 1.51. The normalized spacial score (nSPS) is 36.1. The van der Waals surface area contributed by atoms with Gasteiger partial charge in [-0.25, -0.2) is 0 Å². The van der Waals surface area contributed by atoms with E-state index in [1.54, 1.807) is 0 Å². The van der Waals surface area contributed by atoms with E-state index in [2.05, 4.69) is 74.4 Å². The van der Waals surface area contributed by atoms with Crippen LogP contribution in [0.5, 0.6) is 0 Å². The summed E-state index contributed by atoms with van der Waals surface area (Å²) in [5, 5.41) is 5.70. The molecule has 2 N–H and O–H groups in total. The fraction of sp³-hybridized carbons (Fsp3) is 0.833. The van der Waals surface area contributed by atoms with E-state index in [1.807, 2.05) is 13.8 Å². The molecule has 2 amide bonds. The van der Waals surface area contributed by atoms with Gasteiger partial charge in [0.15, 0.2) is 0 Å². The van der Waals surface area contributed by atoms with Crippen LogP contribution < -0.4 is 10.6 Å². The molecular formula is C12H16Br4N2O2. The maximum Gasteiger partial charge on any atom is 0.228 e. The third-order valence-electron chi connectivity index (χ3n) is 4.21. The van der Waals surface area contributed by atoms with Crippen molar-refractivity contribution >= 4 is 75.5 Å². The highest BCUT2D eigenvalue weighted by molar-refractivity contribution is 9.26. The van der Waals surface area contributed by atoms with Crippen molar-refractivity contribution in [3.63, 3.8) is 0 Å². The molecule has 2 saturated carbocycles. The molecule has 2 fully saturated rings. The largest absolute Gasteiger partial charge is 0.354 e. The molecule has 2 aliphatic carbocycles. The highest BCUT2D eigenvalue weighted by Gasteiger charge is 2.67. The lowest BCUT2D eigenvalue weighted by Gasteiger charge is -2.15. The fourth-order valence-electron chi connectivity index (χ4n) is 2.03. The fourth-order valence-corrected chi connectivity index (χ4v) is 5.00. The maximum absolute atomic E-state index is 12.0. The number of rotatable bonds is 5. The second-order valence-corrected chi connectivity index (χ2v) is 13.5. The zero-order valence-corrected chi connectivity index (χ0v) is 17.5. The molecule has 20 heavy (non-hydrogen) atoms. The Kier molecular flexibility index (Phi) is 4.48. The third kappa shape index (κ3) is 2.86. The van der Waals surface area contributed by atoms with Crippen molar-refractivity contribution in [1.82, 2.24) is 10.6 Å². The molecule has 0 aromatic carbocycles. The van der Waals surface area contributed by atoms with E-state index in [0.29, 0.717) is 13.1 Å². The molecule has 0 aliphatic heterocycles. The van der Waals surface area contributed by atoms with Gasteiger partial charge >= 0.3 is 0 Å². The number of carbonyl (C=O) groups excluding carboxylic acids is 2. The SMILES string of the molecule is C[C@@]1(C(=O)NCCNC(=O)[C@@]2(C)CC2(Br)Br)CC1(Br)Br. The van der Waals surface area contributed by atoms with E-state index < -0.39 is 10.8 Å². The van der Waals surface area contributed by atoms with E-state index in [-0.39, 0.29) is 18.3 Å². The minimum atomic E-state index is -0.416. The summed E-state index contributed by atoms with van der Waals surface area (Å²) in [4.78, 5) is 24.0. The summed E-state index contributed by atoms with van der Waals surface area (Å²) >= 11 is 13.9. The predicted molar refractivity (Wildman–Crippen MR) is 92.6 cm³/mol. The van der Waals surface area contributed by atoms with E-state index in [9.17, 15) is 9.59 Å². The van der Waals surface area contributed by atoms with Crippen LogP contribution in [0.4, 0.5) is 0 Å². The Hall–Kier alpha value is 0.860. The zero-order valence-electron chi connectivity index (χ0n) is 11.2. The number of nitrogens with one attached hydrogen (secondary N) is 2. The second kappa shape index (κ2) is 5.20. The van der Waals surface area contributed by atoms with Crippen LogP contribution in [0.2, 0.25) is 0 Å². The Labute approximate surface area is 152 Å². The highest BCUT2D eigenvalue weighted by atomic mass is 79.9. The standard InChI is InChI=1S/C12H16Br4N2O2/c1-9(5-11(9,13)14)7(19)17-3-4-18-8(20)10(2)6-12(10,15)16/h3-6H2,1-2H3,(H,17,19)(H,18,20)/t9-,10+. The van der Waals surface area contributed by atoms with Gasteiger partial charge in [-0.15, -0.1) is 0 Å². The Morgan fingerprint density at radius 3 is 1.30 bits per heavy atom. The molecule has 114 valence electrons. The predicted octanol–water partition coefficient (Wildman–Crippen LogP) is 3.01. The minimum absolute atomic E-state index is 0.00605. The Bertz CT molecular complexity index is 426. The first kappa shape index (κ1) is 17.2. The molecule has 0 heterocycles. The van der Waals surface area contributed by atoms with Crippen LogP contribution in [0.1, 0.15) is 26.7 Å². The van der Waals surface area contributed by atoms with Crippen LogP contribution in [0.3, 0.4) is 0 Å². The van der Waals surface area contributed by atoms with Crippen LogP contribution in [-0.4, -0.2) is 31.4 Å². The Morgan fingerprint density at radius 1 is 0.850 bits per heavy atom. The Morgan fingerprint density at radius 2 is 1.10 bits per heavy atom. The van der Waals surface area contributed by atoms with E-state index >= 15 is 0 Å². The summed E-state index contributed by atoms with van der Waals surface area (Å²) in [5.41, 5.74) is -0.833. The molecule has 4 nitrogen and oxygen atoms in total. The van der Waals surface area contributed by atoms with Crippen molar-refractivity contribution in [3.8, 4) is 0 Å². The number of carbonyl (C=O) groups is 2. The van der Waals surface area contributed by atoms with Gasteiger partial charge in [-0.05, 0) is 26.7 Å². The van der Waals surface area contributed by atoms with Gasteiger partial charge in [-0.2, -0.15) is 0 Å². The number of amides is 2. The van der Waals surface area contributed by atoms with Crippen molar-refractivity contribution in [2.24, 2.45) is 10.8 Å². The minimum Gasteiger partial charge on any atom is -0.354 e. The first-order valence-corrected chi connectivity index (χ1v) is 9.46. The van der Waals surface area contributed by atoms with Crippen LogP contribution in [0, 0.1) is 10.8 Å². The topological polar surface area (TPSA) is 58.2 Å². The smallest absolute Gasteiger partial charge is 0.228 e. The van der Waals surface area contributed by atoms with Gasteiger partial charge in [0.25, 0.3) is 0 Å². The Balaban J connectivity index is 1.68. The van der Waals surface area contributed by atoms with Gasteiger partial charge in [0.05, 0.1) is 17.3 Å².